The first kappa shape index (κ1) is 14.7. The molecule has 0 bridgehead atoms. The van der Waals surface area contributed by atoms with Crippen molar-refractivity contribution in [3.8, 4) is 0 Å². The van der Waals surface area contributed by atoms with Crippen LogP contribution in [-0.2, 0) is 0 Å². The summed E-state index contributed by atoms with van der Waals surface area (Å²) in [6.07, 6.45) is 0. The van der Waals surface area contributed by atoms with E-state index in [1.165, 1.54) is 0 Å². The molecule has 1 heterocycles. The fourth-order valence-electron chi connectivity index (χ4n) is 1.85. The molecule has 0 aliphatic heterocycles. The number of hydrogen-bond donors (Lipinski definition) is 2. The third-order valence-corrected chi connectivity index (χ3v) is 3.60. The number of aryl methyl sites for hydroxylation is 2. The van der Waals surface area contributed by atoms with Crippen molar-refractivity contribution in [2.45, 2.75) is 20.8 Å². The van der Waals surface area contributed by atoms with Gasteiger partial charge in [-0.1, -0.05) is 29.9 Å². The van der Waals surface area contributed by atoms with Gasteiger partial charge in [0.2, 0.25) is 0 Å². The summed E-state index contributed by atoms with van der Waals surface area (Å²) in [6, 6.07) is 5.72. The maximum atomic E-state index is 6.21. The molecule has 0 radical (unpaired) electrons. The fourth-order valence-corrected chi connectivity index (χ4v) is 2.38. The summed E-state index contributed by atoms with van der Waals surface area (Å²) >= 11 is 11.3. The Morgan fingerprint density at radius 1 is 1.25 bits per heavy atom. The largest absolute Gasteiger partial charge is 0.389 e. The number of thiocarbonyl (C=S) groups is 1. The van der Waals surface area contributed by atoms with E-state index in [-0.39, 0.29) is 4.99 Å². The average Bonchev–Trinajstić information content (AvgIpc) is 2.36. The molecule has 4 nitrogen and oxygen atoms in total. The number of hydrogen-bond acceptors (Lipinski definition) is 4. The molecule has 2 rings (SSSR count). The fraction of sp³-hybridized carbons (Fsp3) is 0.214. The van der Waals surface area contributed by atoms with Crippen LogP contribution in [0.25, 0.3) is 0 Å². The number of aromatic nitrogens is 2. The Morgan fingerprint density at radius 3 is 2.55 bits per heavy atom. The molecule has 0 amide bonds. The lowest BCUT2D eigenvalue weighted by atomic mass is 10.1. The Bertz CT molecular complexity index is 685. The van der Waals surface area contributed by atoms with E-state index in [2.05, 4.69) is 15.5 Å². The van der Waals surface area contributed by atoms with Crippen LogP contribution in [0.3, 0.4) is 0 Å². The summed E-state index contributed by atoms with van der Waals surface area (Å²) in [7, 11) is 0. The van der Waals surface area contributed by atoms with E-state index >= 15 is 0 Å². The van der Waals surface area contributed by atoms with Crippen LogP contribution in [-0.4, -0.2) is 15.2 Å². The Labute approximate surface area is 128 Å². The molecule has 104 valence electrons. The highest BCUT2D eigenvalue weighted by Gasteiger charge is 2.14. The number of halogens is 1. The zero-order valence-corrected chi connectivity index (χ0v) is 13.1. The van der Waals surface area contributed by atoms with Gasteiger partial charge in [-0.3, -0.25) is 0 Å². The van der Waals surface area contributed by atoms with Crippen LogP contribution < -0.4 is 11.1 Å². The van der Waals surface area contributed by atoms with Crippen LogP contribution in [0.2, 0.25) is 5.02 Å². The van der Waals surface area contributed by atoms with E-state index in [1.54, 1.807) is 0 Å². The number of nitrogens with two attached hydrogens (primary N) is 1. The van der Waals surface area contributed by atoms with Gasteiger partial charge in [0, 0.05) is 0 Å². The van der Waals surface area contributed by atoms with E-state index in [1.807, 2.05) is 39.0 Å². The monoisotopic (exact) mass is 306 g/mol. The van der Waals surface area contributed by atoms with Crippen LogP contribution >= 0.6 is 23.8 Å². The highest BCUT2D eigenvalue weighted by molar-refractivity contribution is 7.80. The first-order valence-electron chi connectivity index (χ1n) is 6.07. The molecule has 20 heavy (non-hydrogen) atoms. The highest BCUT2D eigenvalue weighted by Crippen LogP contribution is 2.28. The first-order chi connectivity index (χ1) is 9.40. The van der Waals surface area contributed by atoms with E-state index in [0.29, 0.717) is 16.4 Å². The van der Waals surface area contributed by atoms with Crippen LogP contribution in [0.5, 0.6) is 0 Å². The van der Waals surface area contributed by atoms with Crippen molar-refractivity contribution in [1.82, 2.24) is 10.2 Å². The molecular formula is C14H15ClN4S. The molecule has 0 spiro atoms. The van der Waals surface area contributed by atoms with Crippen molar-refractivity contribution >= 4 is 40.3 Å². The molecular weight excluding hydrogens is 292 g/mol. The smallest absolute Gasteiger partial charge is 0.163 e. The molecule has 6 heteroatoms. The topological polar surface area (TPSA) is 63.8 Å². The Hall–Kier alpha value is -1.72. The van der Waals surface area contributed by atoms with E-state index in [4.69, 9.17) is 29.6 Å². The zero-order chi connectivity index (χ0) is 14.9. The second-order valence-corrected chi connectivity index (χ2v) is 5.45. The Kier molecular flexibility index (Phi) is 4.20. The number of nitrogens with one attached hydrogen (secondary N) is 1. The number of rotatable bonds is 3. The second-order valence-electron chi connectivity index (χ2n) is 4.61. The van der Waals surface area contributed by atoms with Crippen LogP contribution in [0.15, 0.2) is 18.2 Å². The van der Waals surface area contributed by atoms with Gasteiger partial charge in [0.25, 0.3) is 0 Å². The summed E-state index contributed by atoms with van der Waals surface area (Å²) in [5.74, 6) is 0.520. The van der Waals surface area contributed by atoms with Crippen molar-refractivity contribution in [3.05, 3.63) is 45.6 Å². The summed E-state index contributed by atoms with van der Waals surface area (Å²) in [5, 5.41) is 12.0. The number of benzene rings is 1. The van der Waals surface area contributed by atoms with Crippen molar-refractivity contribution in [1.29, 1.82) is 0 Å². The second kappa shape index (κ2) is 5.73. The lowest BCUT2D eigenvalue weighted by molar-refractivity contribution is 0.963. The minimum absolute atomic E-state index is 0.284. The molecule has 0 unspecified atom stereocenters. The van der Waals surface area contributed by atoms with Crippen LogP contribution in [0, 0.1) is 20.8 Å². The normalized spacial score (nSPS) is 10.4. The van der Waals surface area contributed by atoms with E-state index in [0.717, 1.165) is 22.5 Å². The van der Waals surface area contributed by atoms with Gasteiger partial charge in [-0.05, 0) is 44.0 Å². The summed E-state index contributed by atoms with van der Waals surface area (Å²) in [5.41, 5.74) is 10.0. The molecule has 0 fully saturated rings. The van der Waals surface area contributed by atoms with Gasteiger partial charge < -0.3 is 11.1 Å². The molecule has 0 atom stereocenters. The molecule has 0 saturated carbocycles. The minimum atomic E-state index is 0.284. The molecule has 1 aromatic carbocycles. The Morgan fingerprint density at radius 2 is 1.95 bits per heavy atom. The molecule has 1 aromatic heterocycles. The zero-order valence-electron chi connectivity index (χ0n) is 11.5. The van der Waals surface area contributed by atoms with Crippen molar-refractivity contribution in [3.63, 3.8) is 0 Å². The molecule has 0 aliphatic rings. The Balaban J connectivity index is 2.48. The van der Waals surface area contributed by atoms with Crippen molar-refractivity contribution in [2.75, 3.05) is 5.32 Å². The maximum Gasteiger partial charge on any atom is 0.163 e. The summed E-state index contributed by atoms with van der Waals surface area (Å²) in [4.78, 5) is 0.284. The van der Waals surface area contributed by atoms with E-state index in [9.17, 15) is 0 Å². The SMILES string of the molecule is Cc1ccc(Nc2nnc(C)c(C)c2C(N)=S)c(Cl)c1. The first-order valence-corrected chi connectivity index (χ1v) is 6.85. The van der Waals surface area contributed by atoms with Gasteiger partial charge in [0.1, 0.15) is 4.99 Å². The lowest BCUT2D eigenvalue weighted by Gasteiger charge is -2.14. The van der Waals surface area contributed by atoms with Gasteiger partial charge in [0.05, 0.1) is 22.0 Å². The number of anilines is 2. The van der Waals surface area contributed by atoms with E-state index < -0.39 is 0 Å². The standard InChI is InChI=1S/C14H15ClN4S/c1-7-4-5-11(10(15)6-7)17-14-12(13(16)20)8(2)9(3)18-19-14/h4-6H,1-3H3,(H2,16,20)(H,17,19). The van der Waals surface area contributed by atoms with Gasteiger partial charge in [0.15, 0.2) is 5.82 Å². The predicted octanol–water partition coefficient (Wildman–Crippen LogP) is 3.43. The third-order valence-electron chi connectivity index (χ3n) is 3.08. The maximum absolute atomic E-state index is 6.21. The van der Waals surface area contributed by atoms with Gasteiger partial charge in [-0.2, -0.15) is 5.10 Å². The third kappa shape index (κ3) is 2.89. The summed E-state index contributed by atoms with van der Waals surface area (Å²) in [6.45, 7) is 5.76. The number of nitrogens with zero attached hydrogens (tertiary/aromatic N) is 2. The van der Waals surface area contributed by atoms with Crippen LogP contribution in [0.4, 0.5) is 11.5 Å². The van der Waals surface area contributed by atoms with Crippen molar-refractivity contribution < 1.29 is 0 Å². The highest BCUT2D eigenvalue weighted by atomic mass is 35.5. The predicted molar refractivity (Wildman–Crippen MR) is 86.9 cm³/mol. The minimum Gasteiger partial charge on any atom is -0.389 e. The van der Waals surface area contributed by atoms with Gasteiger partial charge >= 0.3 is 0 Å². The summed E-state index contributed by atoms with van der Waals surface area (Å²) < 4.78 is 0. The molecule has 0 aliphatic carbocycles. The lowest BCUT2D eigenvalue weighted by Crippen LogP contribution is -2.17. The van der Waals surface area contributed by atoms with Gasteiger partial charge in [-0.25, -0.2) is 0 Å². The quantitative estimate of drug-likeness (QED) is 0.851. The van der Waals surface area contributed by atoms with Crippen LogP contribution in [0.1, 0.15) is 22.4 Å². The average molecular weight is 307 g/mol. The van der Waals surface area contributed by atoms with Gasteiger partial charge in [-0.15, -0.1) is 5.10 Å². The molecule has 0 saturated heterocycles. The molecule has 2 aromatic rings. The van der Waals surface area contributed by atoms with Crippen molar-refractivity contribution in [2.24, 2.45) is 5.73 Å². The molecule has 3 N–H and O–H groups in total.